The van der Waals surface area contributed by atoms with Gasteiger partial charge in [-0.2, -0.15) is 0 Å². The van der Waals surface area contributed by atoms with Crippen molar-refractivity contribution in [3.05, 3.63) is 94.3 Å². The summed E-state index contributed by atoms with van der Waals surface area (Å²) in [6.07, 6.45) is 0. The number of amides is 1. The van der Waals surface area contributed by atoms with E-state index >= 15 is 0 Å². The Labute approximate surface area is 165 Å². The van der Waals surface area contributed by atoms with E-state index in [0.29, 0.717) is 5.69 Å². The summed E-state index contributed by atoms with van der Waals surface area (Å²) >= 11 is 0. The second kappa shape index (κ2) is 8.07. The Kier molecular flexibility index (Phi) is 5.55. The summed E-state index contributed by atoms with van der Waals surface area (Å²) in [5.41, 5.74) is 0.386. The summed E-state index contributed by atoms with van der Waals surface area (Å²) < 4.78 is 40.0. The number of nitrogens with zero attached hydrogens (tertiary/aromatic N) is 1. The minimum atomic E-state index is -3.90. The number of nitro groups is 1. The van der Waals surface area contributed by atoms with Crippen LogP contribution in [0.5, 0.6) is 0 Å². The monoisotopic (exact) mass is 415 g/mol. The maximum absolute atomic E-state index is 12.9. The van der Waals surface area contributed by atoms with Crippen LogP contribution in [0.3, 0.4) is 0 Å². The average molecular weight is 415 g/mol. The van der Waals surface area contributed by atoms with Crippen molar-refractivity contribution in [3.63, 3.8) is 0 Å². The molecule has 0 aliphatic rings. The Bertz CT molecular complexity index is 1160. The van der Waals surface area contributed by atoms with Gasteiger partial charge in [0, 0.05) is 29.1 Å². The molecule has 3 aromatic carbocycles. The third kappa shape index (κ3) is 4.93. The van der Waals surface area contributed by atoms with E-state index in [1.807, 2.05) is 0 Å². The van der Waals surface area contributed by atoms with Gasteiger partial charge in [-0.1, -0.05) is 6.07 Å². The highest BCUT2D eigenvalue weighted by atomic mass is 32.2. The summed E-state index contributed by atoms with van der Waals surface area (Å²) in [5, 5.41) is 13.3. The van der Waals surface area contributed by atoms with Crippen molar-refractivity contribution in [2.75, 3.05) is 10.0 Å². The number of non-ortho nitro benzene ring substituents is 1. The first-order valence-electron chi connectivity index (χ1n) is 8.19. The fourth-order valence-electron chi connectivity index (χ4n) is 2.41. The lowest BCUT2D eigenvalue weighted by molar-refractivity contribution is -0.384. The smallest absolute Gasteiger partial charge is 0.270 e. The molecule has 0 atom stereocenters. The third-order valence-electron chi connectivity index (χ3n) is 3.84. The van der Waals surface area contributed by atoms with Crippen molar-refractivity contribution in [2.24, 2.45) is 0 Å². The van der Waals surface area contributed by atoms with E-state index in [1.165, 1.54) is 54.6 Å². The highest BCUT2D eigenvalue weighted by molar-refractivity contribution is 7.92. The van der Waals surface area contributed by atoms with Gasteiger partial charge in [-0.25, -0.2) is 12.8 Å². The van der Waals surface area contributed by atoms with E-state index in [2.05, 4.69) is 10.0 Å². The fourth-order valence-corrected chi connectivity index (χ4v) is 3.47. The molecule has 0 aliphatic carbocycles. The largest absolute Gasteiger partial charge is 0.322 e. The molecule has 0 aromatic heterocycles. The molecular formula is C19H14FN3O5S. The van der Waals surface area contributed by atoms with Gasteiger partial charge in [0.15, 0.2) is 0 Å². The minimum Gasteiger partial charge on any atom is -0.322 e. The molecule has 0 spiro atoms. The van der Waals surface area contributed by atoms with Crippen molar-refractivity contribution in [1.82, 2.24) is 0 Å². The van der Waals surface area contributed by atoms with Gasteiger partial charge in [-0.15, -0.1) is 0 Å². The number of anilines is 2. The van der Waals surface area contributed by atoms with Gasteiger partial charge in [0.1, 0.15) is 5.82 Å². The maximum atomic E-state index is 12.9. The molecule has 8 nitrogen and oxygen atoms in total. The van der Waals surface area contributed by atoms with Crippen LogP contribution < -0.4 is 10.0 Å². The normalized spacial score (nSPS) is 10.9. The van der Waals surface area contributed by atoms with E-state index in [0.717, 1.165) is 18.2 Å². The molecule has 0 heterocycles. The van der Waals surface area contributed by atoms with Crippen LogP contribution in [0.2, 0.25) is 0 Å². The highest BCUT2D eigenvalue weighted by Crippen LogP contribution is 2.20. The predicted molar refractivity (Wildman–Crippen MR) is 105 cm³/mol. The SMILES string of the molecule is O=C(Nc1ccc(S(=O)(=O)Nc2ccc(F)cc2)cc1)c1cccc([N+](=O)[O-])c1. The molecule has 3 rings (SSSR count). The van der Waals surface area contributed by atoms with Gasteiger partial charge in [0.25, 0.3) is 21.6 Å². The zero-order chi connectivity index (χ0) is 21.0. The molecule has 0 radical (unpaired) electrons. The molecule has 29 heavy (non-hydrogen) atoms. The molecule has 0 unspecified atom stereocenters. The Morgan fingerprint density at radius 1 is 0.931 bits per heavy atom. The summed E-state index contributed by atoms with van der Waals surface area (Å²) in [6.45, 7) is 0. The van der Waals surface area contributed by atoms with E-state index in [9.17, 15) is 27.7 Å². The molecule has 0 aliphatic heterocycles. The molecule has 148 valence electrons. The lowest BCUT2D eigenvalue weighted by atomic mass is 10.2. The number of carbonyl (C=O) groups excluding carboxylic acids is 1. The molecule has 10 heteroatoms. The lowest BCUT2D eigenvalue weighted by Crippen LogP contribution is -2.14. The van der Waals surface area contributed by atoms with Crippen LogP contribution in [0.1, 0.15) is 10.4 Å². The van der Waals surface area contributed by atoms with Crippen molar-refractivity contribution in [1.29, 1.82) is 0 Å². The van der Waals surface area contributed by atoms with Gasteiger partial charge < -0.3 is 5.32 Å². The number of benzene rings is 3. The van der Waals surface area contributed by atoms with E-state index in [4.69, 9.17) is 0 Å². The Morgan fingerprint density at radius 2 is 1.55 bits per heavy atom. The van der Waals surface area contributed by atoms with Crippen LogP contribution in [-0.2, 0) is 10.0 Å². The second-order valence-corrected chi connectivity index (χ2v) is 7.58. The zero-order valence-corrected chi connectivity index (χ0v) is 15.5. The van der Waals surface area contributed by atoms with Crippen molar-refractivity contribution >= 4 is 33.0 Å². The number of nitrogens with one attached hydrogen (secondary N) is 2. The fraction of sp³-hybridized carbons (Fsp3) is 0. The number of sulfonamides is 1. The number of rotatable bonds is 6. The van der Waals surface area contributed by atoms with Gasteiger partial charge in [0.2, 0.25) is 0 Å². The molecule has 0 saturated carbocycles. The first kappa shape index (κ1) is 20.0. The molecule has 3 aromatic rings. The van der Waals surface area contributed by atoms with Gasteiger partial charge in [-0.05, 0) is 54.6 Å². The van der Waals surface area contributed by atoms with Crippen LogP contribution in [0.4, 0.5) is 21.5 Å². The minimum absolute atomic E-state index is 0.0600. The van der Waals surface area contributed by atoms with Crippen molar-refractivity contribution in [2.45, 2.75) is 4.90 Å². The summed E-state index contributed by atoms with van der Waals surface area (Å²) in [7, 11) is -3.90. The Balaban J connectivity index is 1.72. The number of carbonyl (C=O) groups is 1. The maximum Gasteiger partial charge on any atom is 0.270 e. The van der Waals surface area contributed by atoms with Crippen LogP contribution in [0, 0.1) is 15.9 Å². The molecule has 0 fully saturated rings. The number of hydrogen-bond donors (Lipinski definition) is 2. The van der Waals surface area contributed by atoms with E-state index in [1.54, 1.807) is 0 Å². The van der Waals surface area contributed by atoms with Gasteiger partial charge >= 0.3 is 0 Å². The summed E-state index contributed by atoms with van der Waals surface area (Å²) in [5.74, 6) is -1.06. The van der Waals surface area contributed by atoms with Crippen molar-refractivity contribution in [3.8, 4) is 0 Å². The first-order chi connectivity index (χ1) is 13.7. The van der Waals surface area contributed by atoms with Gasteiger partial charge in [-0.3, -0.25) is 19.6 Å². The van der Waals surface area contributed by atoms with E-state index < -0.39 is 26.7 Å². The summed E-state index contributed by atoms with van der Waals surface area (Å²) in [4.78, 5) is 22.4. The van der Waals surface area contributed by atoms with Gasteiger partial charge in [0.05, 0.1) is 9.82 Å². The zero-order valence-electron chi connectivity index (χ0n) is 14.7. The van der Waals surface area contributed by atoms with Crippen LogP contribution >= 0.6 is 0 Å². The second-order valence-electron chi connectivity index (χ2n) is 5.90. The number of hydrogen-bond acceptors (Lipinski definition) is 5. The molecule has 0 saturated heterocycles. The Morgan fingerprint density at radius 3 is 2.17 bits per heavy atom. The van der Waals surface area contributed by atoms with Crippen LogP contribution in [0.25, 0.3) is 0 Å². The number of nitro benzene ring substituents is 1. The van der Waals surface area contributed by atoms with Crippen LogP contribution in [0.15, 0.2) is 77.7 Å². The standard InChI is InChI=1S/C19H14FN3O5S/c20-14-4-6-16(7-5-14)22-29(27,28)18-10-8-15(9-11-18)21-19(24)13-2-1-3-17(12-13)23(25)26/h1-12,22H,(H,21,24). The average Bonchev–Trinajstić information content (AvgIpc) is 2.70. The van der Waals surface area contributed by atoms with Crippen molar-refractivity contribution < 1.29 is 22.5 Å². The highest BCUT2D eigenvalue weighted by Gasteiger charge is 2.15. The quantitative estimate of drug-likeness (QED) is 0.469. The predicted octanol–water partition coefficient (Wildman–Crippen LogP) is 3.79. The molecular weight excluding hydrogens is 401 g/mol. The molecule has 0 bridgehead atoms. The Hall–Kier alpha value is -3.79. The lowest BCUT2D eigenvalue weighted by Gasteiger charge is -2.09. The third-order valence-corrected chi connectivity index (χ3v) is 5.24. The first-order valence-corrected chi connectivity index (χ1v) is 9.67. The topological polar surface area (TPSA) is 118 Å². The van der Waals surface area contributed by atoms with E-state index in [-0.39, 0.29) is 21.8 Å². The van der Waals surface area contributed by atoms with Crippen LogP contribution in [-0.4, -0.2) is 19.2 Å². The molecule has 1 amide bonds. The molecule has 2 N–H and O–H groups in total. The summed E-state index contributed by atoms with van der Waals surface area (Å²) in [6, 6.07) is 15.4. The number of halogens is 1.